The van der Waals surface area contributed by atoms with Gasteiger partial charge in [-0.05, 0) is 35.5 Å². The maximum Gasteiger partial charge on any atom is 0.338 e. The number of carbonyl (C=O) groups excluding carboxylic acids is 1. The molecule has 7 heteroatoms. The number of nitrogens with two attached hydrogens (primary N) is 1. The Bertz CT molecular complexity index is 835. The molecule has 0 saturated carbocycles. The van der Waals surface area contributed by atoms with Gasteiger partial charge in [0, 0.05) is 5.02 Å². The third kappa shape index (κ3) is 3.84. The number of fused-ring (bicyclic) bond motifs is 1. The summed E-state index contributed by atoms with van der Waals surface area (Å²) < 4.78 is 15.8. The third-order valence-electron chi connectivity index (χ3n) is 3.27. The Labute approximate surface area is 143 Å². The first-order valence-electron chi connectivity index (χ1n) is 7.29. The van der Waals surface area contributed by atoms with Gasteiger partial charge >= 0.3 is 5.97 Å². The number of nitrogens with zero attached hydrogens (tertiary/aromatic N) is 1. The predicted molar refractivity (Wildman–Crippen MR) is 89.2 cm³/mol. The second-order valence-electron chi connectivity index (χ2n) is 5.16. The second-order valence-corrected chi connectivity index (χ2v) is 5.60. The van der Waals surface area contributed by atoms with E-state index < -0.39 is 12.0 Å². The fraction of sp³-hybridized carbons (Fsp3) is 0.176. The molecule has 3 aromatic rings. The average Bonchev–Trinajstić information content (AvgIpc) is 3.00. The monoisotopic (exact) mass is 346 g/mol. The standard InChI is InChI=1S/C17H15ClN2O4/c18-12-6-7-15-14(8-12)16(20-24-15)22-9-13(19)10-23-17(21)11-4-2-1-3-5-11/h1-8,13H,9-10,19H2. The van der Waals surface area contributed by atoms with Crippen LogP contribution in [-0.2, 0) is 4.74 Å². The topological polar surface area (TPSA) is 87.6 Å². The molecule has 0 aliphatic rings. The normalized spacial score (nSPS) is 12.1. The highest BCUT2D eigenvalue weighted by molar-refractivity contribution is 6.31. The van der Waals surface area contributed by atoms with Crippen LogP contribution in [-0.4, -0.2) is 30.4 Å². The van der Waals surface area contributed by atoms with Crippen LogP contribution < -0.4 is 10.5 Å². The number of aromatic nitrogens is 1. The lowest BCUT2D eigenvalue weighted by atomic mass is 10.2. The number of hydrogen-bond acceptors (Lipinski definition) is 6. The molecule has 0 amide bonds. The van der Waals surface area contributed by atoms with Crippen molar-refractivity contribution in [2.24, 2.45) is 5.73 Å². The molecule has 2 aromatic carbocycles. The van der Waals surface area contributed by atoms with E-state index in [1.807, 2.05) is 6.07 Å². The van der Waals surface area contributed by atoms with E-state index in [1.165, 1.54) is 0 Å². The minimum Gasteiger partial charge on any atom is -0.473 e. The van der Waals surface area contributed by atoms with Crippen LogP contribution in [0.4, 0.5) is 0 Å². The Kier molecular flexibility index (Phi) is 4.98. The molecule has 0 aliphatic carbocycles. The largest absolute Gasteiger partial charge is 0.473 e. The number of esters is 1. The molecule has 6 nitrogen and oxygen atoms in total. The Balaban J connectivity index is 1.52. The molecule has 1 aromatic heterocycles. The molecule has 1 heterocycles. The van der Waals surface area contributed by atoms with Gasteiger partial charge in [0.15, 0.2) is 5.58 Å². The number of hydrogen-bond donors (Lipinski definition) is 1. The summed E-state index contributed by atoms with van der Waals surface area (Å²) in [4.78, 5) is 11.8. The first-order chi connectivity index (χ1) is 11.6. The zero-order valence-corrected chi connectivity index (χ0v) is 13.4. The summed E-state index contributed by atoms with van der Waals surface area (Å²) in [6.07, 6.45) is 0. The first-order valence-corrected chi connectivity index (χ1v) is 7.67. The minimum atomic E-state index is -0.497. The van der Waals surface area contributed by atoms with Crippen LogP contribution in [0.2, 0.25) is 5.02 Å². The van der Waals surface area contributed by atoms with Crippen molar-refractivity contribution in [3.8, 4) is 5.88 Å². The molecular weight excluding hydrogens is 332 g/mol. The third-order valence-corrected chi connectivity index (χ3v) is 3.51. The van der Waals surface area contributed by atoms with Gasteiger partial charge in [-0.25, -0.2) is 4.79 Å². The molecule has 0 saturated heterocycles. The molecule has 0 spiro atoms. The highest BCUT2D eigenvalue weighted by atomic mass is 35.5. The van der Waals surface area contributed by atoms with Crippen LogP contribution >= 0.6 is 11.6 Å². The maximum atomic E-state index is 11.8. The van der Waals surface area contributed by atoms with Crippen molar-refractivity contribution in [2.75, 3.05) is 13.2 Å². The van der Waals surface area contributed by atoms with Crippen LogP contribution in [0.15, 0.2) is 53.1 Å². The zero-order chi connectivity index (χ0) is 16.9. The van der Waals surface area contributed by atoms with Crippen molar-refractivity contribution in [1.29, 1.82) is 0 Å². The fourth-order valence-electron chi connectivity index (χ4n) is 2.07. The van der Waals surface area contributed by atoms with Gasteiger partial charge in [0.25, 0.3) is 5.88 Å². The van der Waals surface area contributed by atoms with E-state index in [1.54, 1.807) is 42.5 Å². The molecule has 1 atom stereocenters. The smallest absolute Gasteiger partial charge is 0.338 e. The SMILES string of the molecule is NC(COC(=O)c1ccccc1)COc1noc2ccc(Cl)cc12. The van der Waals surface area contributed by atoms with Crippen LogP contribution in [0.1, 0.15) is 10.4 Å². The molecule has 0 aliphatic heterocycles. The Morgan fingerprint density at radius 3 is 2.79 bits per heavy atom. The summed E-state index contributed by atoms with van der Waals surface area (Å²) in [5, 5.41) is 5.05. The zero-order valence-electron chi connectivity index (χ0n) is 12.6. The second kappa shape index (κ2) is 7.33. The molecule has 0 radical (unpaired) electrons. The number of halogens is 1. The van der Waals surface area contributed by atoms with Crippen molar-refractivity contribution >= 4 is 28.5 Å². The lowest BCUT2D eigenvalue weighted by Gasteiger charge is -2.12. The molecule has 3 rings (SSSR count). The number of ether oxygens (including phenoxy) is 2. The van der Waals surface area contributed by atoms with Gasteiger partial charge in [0.1, 0.15) is 13.2 Å². The Morgan fingerprint density at radius 1 is 1.21 bits per heavy atom. The first kappa shape index (κ1) is 16.3. The van der Waals surface area contributed by atoms with Gasteiger partial charge < -0.3 is 19.7 Å². The Hall–Kier alpha value is -2.57. The maximum absolute atomic E-state index is 11.8. The number of benzene rings is 2. The van der Waals surface area contributed by atoms with Crippen molar-refractivity contribution in [2.45, 2.75) is 6.04 Å². The van der Waals surface area contributed by atoms with Crippen LogP contribution in [0, 0.1) is 0 Å². The van der Waals surface area contributed by atoms with E-state index in [-0.39, 0.29) is 13.2 Å². The lowest BCUT2D eigenvalue weighted by Crippen LogP contribution is -2.33. The lowest BCUT2D eigenvalue weighted by molar-refractivity contribution is 0.0458. The van der Waals surface area contributed by atoms with Crippen molar-refractivity contribution < 1.29 is 18.8 Å². The van der Waals surface area contributed by atoms with Gasteiger partial charge in [0.2, 0.25) is 0 Å². The molecule has 1 unspecified atom stereocenters. The van der Waals surface area contributed by atoms with Crippen LogP contribution in [0.5, 0.6) is 5.88 Å². The molecule has 124 valence electrons. The number of carbonyl (C=O) groups is 1. The summed E-state index contributed by atoms with van der Waals surface area (Å²) >= 11 is 5.95. The summed E-state index contributed by atoms with van der Waals surface area (Å²) in [7, 11) is 0. The van der Waals surface area contributed by atoms with Gasteiger partial charge in [0.05, 0.1) is 17.0 Å². The molecule has 0 fully saturated rings. The highest BCUT2D eigenvalue weighted by Crippen LogP contribution is 2.27. The Morgan fingerprint density at radius 2 is 2.00 bits per heavy atom. The summed E-state index contributed by atoms with van der Waals surface area (Å²) in [5.74, 6) is -0.123. The molecular formula is C17H15ClN2O4. The van der Waals surface area contributed by atoms with Gasteiger partial charge in [-0.2, -0.15) is 0 Å². The minimum absolute atomic E-state index is 0.0320. The molecule has 24 heavy (non-hydrogen) atoms. The van der Waals surface area contributed by atoms with E-state index in [0.29, 0.717) is 27.4 Å². The van der Waals surface area contributed by atoms with E-state index in [4.69, 9.17) is 31.3 Å². The van der Waals surface area contributed by atoms with Gasteiger partial charge in [-0.3, -0.25) is 0 Å². The summed E-state index contributed by atoms with van der Waals surface area (Å²) in [6, 6.07) is 13.3. The van der Waals surface area contributed by atoms with Crippen molar-refractivity contribution in [1.82, 2.24) is 5.16 Å². The van der Waals surface area contributed by atoms with Crippen LogP contribution in [0.25, 0.3) is 11.0 Å². The average molecular weight is 347 g/mol. The van der Waals surface area contributed by atoms with E-state index in [0.717, 1.165) is 0 Å². The van der Waals surface area contributed by atoms with Crippen molar-refractivity contribution in [3.05, 3.63) is 59.1 Å². The fourth-order valence-corrected chi connectivity index (χ4v) is 2.24. The molecule has 0 bridgehead atoms. The summed E-state index contributed by atoms with van der Waals surface area (Å²) in [6.45, 7) is 0.153. The number of rotatable bonds is 6. The van der Waals surface area contributed by atoms with E-state index in [2.05, 4.69) is 5.16 Å². The highest BCUT2D eigenvalue weighted by Gasteiger charge is 2.14. The van der Waals surface area contributed by atoms with Crippen LogP contribution in [0.3, 0.4) is 0 Å². The van der Waals surface area contributed by atoms with E-state index in [9.17, 15) is 4.79 Å². The quantitative estimate of drug-likeness (QED) is 0.690. The van der Waals surface area contributed by atoms with Crippen molar-refractivity contribution in [3.63, 3.8) is 0 Å². The van der Waals surface area contributed by atoms with E-state index >= 15 is 0 Å². The molecule has 2 N–H and O–H groups in total. The van der Waals surface area contributed by atoms with Gasteiger partial charge in [-0.15, -0.1) is 0 Å². The van der Waals surface area contributed by atoms with Gasteiger partial charge in [-0.1, -0.05) is 29.8 Å². The predicted octanol–water partition coefficient (Wildman–Crippen LogP) is 3.04. The summed E-state index contributed by atoms with van der Waals surface area (Å²) in [5.41, 5.74) is 6.95.